The Bertz CT molecular complexity index is 575. The largest absolute Gasteiger partial charge is 0.467 e. The Balaban J connectivity index is 1.46. The Kier molecular flexibility index (Phi) is 4.80. The molecule has 3 rings (SSSR count). The molecule has 2 aromatic rings. The predicted octanol–water partition coefficient (Wildman–Crippen LogP) is 2.83. The molecule has 1 atom stereocenters. The Morgan fingerprint density at radius 2 is 1.95 bits per heavy atom. The molecule has 4 nitrogen and oxygen atoms in total. The molecule has 0 aliphatic carbocycles. The topological polar surface area (TPSA) is 39.9 Å². The van der Waals surface area contributed by atoms with Crippen LogP contribution in [0, 0.1) is 6.92 Å². The van der Waals surface area contributed by atoms with Gasteiger partial charge in [0.1, 0.15) is 11.9 Å². The number of aryl methyl sites for hydroxylation is 1. The van der Waals surface area contributed by atoms with Crippen molar-refractivity contribution in [2.24, 2.45) is 0 Å². The van der Waals surface area contributed by atoms with Crippen LogP contribution in [0.25, 0.3) is 0 Å². The fourth-order valence-electron chi connectivity index (χ4n) is 2.98. The second-order valence-electron chi connectivity index (χ2n) is 5.99. The van der Waals surface area contributed by atoms with Crippen molar-refractivity contribution in [3.63, 3.8) is 0 Å². The second-order valence-corrected chi connectivity index (χ2v) is 5.99. The van der Waals surface area contributed by atoms with Gasteiger partial charge in [-0.3, -0.25) is 4.90 Å². The molecule has 0 radical (unpaired) electrons. The fourth-order valence-corrected chi connectivity index (χ4v) is 2.98. The zero-order valence-corrected chi connectivity index (χ0v) is 13.1. The summed E-state index contributed by atoms with van der Waals surface area (Å²) in [5, 5.41) is 10.1. The van der Waals surface area contributed by atoms with Crippen molar-refractivity contribution in [3.8, 4) is 0 Å². The number of rotatable bonds is 5. The van der Waals surface area contributed by atoms with E-state index in [0.29, 0.717) is 5.76 Å². The molecule has 1 fully saturated rings. The van der Waals surface area contributed by atoms with E-state index < -0.39 is 6.10 Å². The van der Waals surface area contributed by atoms with Crippen molar-refractivity contribution in [1.29, 1.82) is 0 Å². The van der Waals surface area contributed by atoms with E-state index in [1.807, 2.05) is 12.1 Å². The van der Waals surface area contributed by atoms with Gasteiger partial charge in [0.2, 0.25) is 0 Å². The Hall–Kier alpha value is -1.78. The van der Waals surface area contributed by atoms with Gasteiger partial charge >= 0.3 is 0 Å². The number of benzene rings is 1. The highest BCUT2D eigenvalue weighted by Crippen LogP contribution is 2.20. The molecule has 1 saturated heterocycles. The quantitative estimate of drug-likeness (QED) is 0.922. The highest BCUT2D eigenvalue weighted by atomic mass is 16.4. The summed E-state index contributed by atoms with van der Waals surface area (Å²) >= 11 is 0. The van der Waals surface area contributed by atoms with Crippen LogP contribution in [0.4, 0.5) is 5.69 Å². The van der Waals surface area contributed by atoms with E-state index in [2.05, 4.69) is 41.0 Å². The van der Waals surface area contributed by atoms with Crippen LogP contribution in [0.2, 0.25) is 0 Å². The van der Waals surface area contributed by atoms with Crippen LogP contribution in [0.5, 0.6) is 0 Å². The monoisotopic (exact) mass is 300 g/mol. The van der Waals surface area contributed by atoms with Gasteiger partial charge in [-0.05, 0) is 43.2 Å². The van der Waals surface area contributed by atoms with Crippen molar-refractivity contribution in [2.75, 3.05) is 37.6 Å². The second kappa shape index (κ2) is 6.99. The van der Waals surface area contributed by atoms with Gasteiger partial charge in [0.25, 0.3) is 0 Å². The number of nitrogens with zero attached hydrogens (tertiary/aromatic N) is 2. The van der Waals surface area contributed by atoms with Gasteiger partial charge in [0, 0.05) is 38.4 Å². The lowest BCUT2D eigenvalue weighted by atomic mass is 10.1. The number of aliphatic hydroxyl groups excluding tert-OH is 1. The molecule has 1 aliphatic rings. The SMILES string of the molecule is Cc1cccc(N2CCN(CCC(O)c3ccco3)CC2)c1. The standard InChI is InChI=1S/C18H24N2O2/c1-15-4-2-5-16(14-15)20-11-9-19(10-12-20)8-7-17(21)18-6-3-13-22-18/h2-6,13-14,17,21H,7-12H2,1H3. The average Bonchev–Trinajstić information content (AvgIpc) is 3.08. The molecule has 0 bridgehead atoms. The van der Waals surface area contributed by atoms with Crippen LogP contribution in [-0.2, 0) is 0 Å². The Morgan fingerprint density at radius 1 is 1.14 bits per heavy atom. The van der Waals surface area contributed by atoms with Crippen molar-refractivity contribution >= 4 is 5.69 Å². The predicted molar refractivity (Wildman–Crippen MR) is 88.1 cm³/mol. The summed E-state index contributed by atoms with van der Waals surface area (Å²) in [6.07, 6.45) is 1.83. The summed E-state index contributed by atoms with van der Waals surface area (Å²) in [6, 6.07) is 12.3. The molecule has 118 valence electrons. The third-order valence-corrected chi connectivity index (χ3v) is 4.33. The minimum atomic E-state index is -0.496. The lowest BCUT2D eigenvalue weighted by Gasteiger charge is -2.36. The molecule has 22 heavy (non-hydrogen) atoms. The minimum Gasteiger partial charge on any atom is -0.467 e. The van der Waals surface area contributed by atoms with E-state index in [1.165, 1.54) is 11.3 Å². The molecular formula is C18H24N2O2. The lowest BCUT2D eigenvalue weighted by molar-refractivity contribution is 0.118. The third kappa shape index (κ3) is 3.70. The summed E-state index contributed by atoms with van der Waals surface area (Å²) in [7, 11) is 0. The zero-order chi connectivity index (χ0) is 15.4. The van der Waals surface area contributed by atoms with Crippen LogP contribution in [0.1, 0.15) is 23.8 Å². The smallest absolute Gasteiger partial charge is 0.132 e. The van der Waals surface area contributed by atoms with E-state index in [4.69, 9.17) is 4.42 Å². The van der Waals surface area contributed by atoms with Crippen LogP contribution in [0.15, 0.2) is 47.1 Å². The molecule has 1 aromatic carbocycles. The van der Waals surface area contributed by atoms with Crippen molar-refractivity contribution in [2.45, 2.75) is 19.4 Å². The van der Waals surface area contributed by atoms with E-state index in [-0.39, 0.29) is 0 Å². The van der Waals surface area contributed by atoms with Crippen molar-refractivity contribution in [3.05, 3.63) is 54.0 Å². The summed E-state index contributed by atoms with van der Waals surface area (Å²) in [6.45, 7) is 7.21. The molecular weight excluding hydrogens is 276 g/mol. The first-order valence-electron chi connectivity index (χ1n) is 7.98. The molecule has 0 saturated carbocycles. The number of anilines is 1. The number of aliphatic hydroxyl groups is 1. The Labute approximate surface area is 132 Å². The third-order valence-electron chi connectivity index (χ3n) is 4.33. The summed E-state index contributed by atoms with van der Waals surface area (Å²) in [4.78, 5) is 4.85. The first-order valence-corrected chi connectivity index (χ1v) is 7.98. The molecule has 4 heteroatoms. The van der Waals surface area contributed by atoms with Gasteiger partial charge in [0.15, 0.2) is 0 Å². The average molecular weight is 300 g/mol. The molecule has 0 amide bonds. The highest BCUT2D eigenvalue weighted by molar-refractivity contribution is 5.48. The maximum Gasteiger partial charge on any atom is 0.132 e. The maximum absolute atomic E-state index is 10.1. The Morgan fingerprint density at radius 3 is 2.64 bits per heavy atom. The van der Waals surface area contributed by atoms with Gasteiger partial charge in [0.05, 0.1) is 6.26 Å². The van der Waals surface area contributed by atoms with Crippen LogP contribution >= 0.6 is 0 Å². The van der Waals surface area contributed by atoms with Gasteiger partial charge < -0.3 is 14.4 Å². The number of hydrogen-bond donors (Lipinski definition) is 1. The van der Waals surface area contributed by atoms with Crippen LogP contribution in [-0.4, -0.2) is 42.7 Å². The number of hydrogen-bond acceptors (Lipinski definition) is 4. The molecule has 1 aliphatic heterocycles. The summed E-state index contributed by atoms with van der Waals surface area (Å²) < 4.78 is 5.24. The molecule has 2 heterocycles. The normalized spacial score (nSPS) is 17.6. The summed E-state index contributed by atoms with van der Waals surface area (Å²) in [5.74, 6) is 0.665. The van der Waals surface area contributed by atoms with E-state index in [0.717, 1.165) is 39.1 Å². The van der Waals surface area contributed by atoms with E-state index >= 15 is 0 Å². The fraction of sp³-hybridized carbons (Fsp3) is 0.444. The van der Waals surface area contributed by atoms with E-state index in [1.54, 1.807) is 6.26 Å². The van der Waals surface area contributed by atoms with Crippen LogP contribution in [0.3, 0.4) is 0 Å². The molecule has 1 unspecified atom stereocenters. The maximum atomic E-state index is 10.1. The van der Waals surface area contributed by atoms with Gasteiger partial charge in [-0.25, -0.2) is 0 Å². The van der Waals surface area contributed by atoms with Gasteiger partial charge in [-0.1, -0.05) is 12.1 Å². The van der Waals surface area contributed by atoms with Crippen molar-refractivity contribution < 1.29 is 9.52 Å². The van der Waals surface area contributed by atoms with Gasteiger partial charge in [-0.2, -0.15) is 0 Å². The highest BCUT2D eigenvalue weighted by Gasteiger charge is 2.19. The lowest BCUT2D eigenvalue weighted by Crippen LogP contribution is -2.46. The van der Waals surface area contributed by atoms with Crippen LogP contribution < -0.4 is 4.90 Å². The molecule has 1 N–H and O–H groups in total. The number of piperazine rings is 1. The zero-order valence-electron chi connectivity index (χ0n) is 13.1. The molecule has 1 aromatic heterocycles. The van der Waals surface area contributed by atoms with Crippen molar-refractivity contribution in [1.82, 2.24) is 4.90 Å². The first kappa shape index (κ1) is 15.1. The minimum absolute atomic E-state index is 0.496. The first-order chi connectivity index (χ1) is 10.7. The number of furan rings is 1. The van der Waals surface area contributed by atoms with Gasteiger partial charge in [-0.15, -0.1) is 0 Å². The van der Waals surface area contributed by atoms with E-state index in [9.17, 15) is 5.11 Å². The summed E-state index contributed by atoms with van der Waals surface area (Å²) in [5.41, 5.74) is 2.62. The molecule has 0 spiro atoms.